The van der Waals surface area contributed by atoms with Crippen LogP contribution in [0.1, 0.15) is 81.9 Å². The molecule has 4 fully saturated rings. The van der Waals surface area contributed by atoms with Gasteiger partial charge in [0.15, 0.2) is 0 Å². The molecule has 1 heterocycles. The summed E-state index contributed by atoms with van der Waals surface area (Å²) in [5.41, 5.74) is 4.48. The number of aryl methyl sites for hydroxylation is 1. The van der Waals surface area contributed by atoms with Gasteiger partial charge in [0.05, 0.1) is 0 Å². The summed E-state index contributed by atoms with van der Waals surface area (Å²) >= 11 is 2.05. The molecular formula is C35H51NO5S. The third-order valence-electron chi connectivity index (χ3n) is 12.0. The average molecular weight is 598 g/mol. The summed E-state index contributed by atoms with van der Waals surface area (Å²) in [6, 6.07) is 16.4. The fraction of sp³-hybridized carbons (Fsp3) is 0.600. The van der Waals surface area contributed by atoms with Gasteiger partial charge in [-0.15, -0.1) is 0 Å². The Morgan fingerprint density at radius 1 is 1.02 bits per heavy atom. The molecule has 6 aliphatic rings. The number of aliphatic hydroxyl groups excluding tert-OH is 1. The third kappa shape index (κ3) is 4.54. The molecule has 0 amide bonds. The maximum absolute atomic E-state index is 11.9. The lowest BCUT2D eigenvalue weighted by atomic mass is 9.48. The number of fused-ring (bicyclic) bond motifs is 7. The molecule has 7 atom stereocenters. The monoisotopic (exact) mass is 597 g/mol. The molecule has 6 N–H and O–H groups in total. The number of thioether (sulfide) groups is 1. The molecule has 0 spiro atoms. The number of nitrogens with zero attached hydrogens (tertiary/aromatic N) is 1. The van der Waals surface area contributed by atoms with Crippen molar-refractivity contribution in [1.82, 2.24) is 4.90 Å². The van der Waals surface area contributed by atoms with Crippen LogP contribution in [0.3, 0.4) is 0 Å². The summed E-state index contributed by atoms with van der Waals surface area (Å²) in [5.74, 6) is 6.26. The second-order valence-electron chi connectivity index (χ2n) is 13.8. The molecule has 3 saturated carbocycles. The van der Waals surface area contributed by atoms with Crippen LogP contribution in [-0.2, 0) is 6.42 Å². The zero-order chi connectivity index (χ0) is 27.1. The minimum Gasteiger partial charge on any atom is -0.510 e. The van der Waals surface area contributed by atoms with E-state index in [9.17, 15) is 10.2 Å². The van der Waals surface area contributed by atoms with Crippen LogP contribution >= 0.6 is 11.8 Å². The van der Waals surface area contributed by atoms with Crippen molar-refractivity contribution < 1.29 is 28.8 Å². The molecule has 1 saturated heterocycles. The quantitative estimate of drug-likeness (QED) is 0.456. The van der Waals surface area contributed by atoms with Crippen molar-refractivity contribution in [2.45, 2.75) is 68.8 Å². The molecule has 0 aromatic heterocycles. The topological polar surface area (TPSA) is 116 Å². The molecule has 2 aromatic carbocycles. The number of aliphatic hydroxyl groups is 2. The lowest BCUT2D eigenvalue weighted by Crippen LogP contribution is -2.58. The molecule has 232 valence electrons. The first-order chi connectivity index (χ1) is 19.5. The average Bonchev–Trinajstić information content (AvgIpc) is 3.81. The molecule has 5 aliphatic carbocycles. The molecular weight excluding hydrogens is 546 g/mol. The maximum Gasteiger partial charge on any atom is 0.133 e. The minimum absolute atomic E-state index is 0. The van der Waals surface area contributed by atoms with Crippen LogP contribution < -0.4 is 4.74 Å². The molecule has 6 nitrogen and oxygen atoms in total. The molecule has 0 bridgehead atoms. The Kier molecular flexibility index (Phi) is 7.97. The summed E-state index contributed by atoms with van der Waals surface area (Å²) in [5, 5.41) is 22.7. The number of hydrogen-bond donors (Lipinski definition) is 2. The first-order valence-corrected chi connectivity index (χ1v) is 16.9. The van der Waals surface area contributed by atoms with E-state index in [1.165, 1.54) is 59.7 Å². The van der Waals surface area contributed by atoms with E-state index in [1.807, 2.05) is 6.08 Å². The van der Waals surface area contributed by atoms with Gasteiger partial charge in [0.2, 0.25) is 0 Å². The van der Waals surface area contributed by atoms with Gasteiger partial charge in [0, 0.05) is 45.3 Å². The van der Waals surface area contributed by atoms with Gasteiger partial charge in [0.25, 0.3) is 0 Å². The predicted molar refractivity (Wildman–Crippen MR) is 173 cm³/mol. The van der Waals surface area contributed by atoms with Crippen LogP contribution in [0.5, 0.6) is 5.75 Å². The van der Waals surface area contributed by atoms with E-state index >= 15 is 0 Å². The van der Waals surface area contributed by atoms with Gasteiger partial charge in [0.1, 0.15) is 23.7 Å². The lowest BCUT2D eigenvalue weighted by molar-refractivity contribution is -0.129. The SMILES string of the molecule is C[C@]12C[C@H](c3ccc(C4CC4)cc3)C3c4ccc(OCCN5CCSCC5)cc4CC[C@H]3[C@@H]1CC1C=C(O)[C@]12O.O.O.[HH].[HH]. The van der Waals surface area contributed by atoms with Crippen molar-refractivity contribution in [3.05, 3.63) is 76.6 Å². The van der Waals surface area contributed by atoms with Crippen molar-refractivity contribution in [2.24, 2.45) is 23.2 Å². The number of rotatable bonds is 6. The second kappa shape index (κ2) is 11.2. The number of hydrogen-bond acceptors (Lipinski definition) is 5. The first kappa shape index (κ1) is 30.0. The summed E-state index contributed by atoms with van der Waals surface area (Å²) in [6.07, 6.45) is 8.70. The van der Waals surface area contributed by atoms with Gasteiger partial charge in [-0.3, -0.25) is 4.90 Å². The van der Waals surface area contributed by atoms with Gasteiger partial charge in [-0.2, -0.15) is 11.8 Å². The molecule has 42 heavy (non-hydrogen) atoms. The standard InChI is InChI=1S/C35H43NO3S.2H2O.2H2/c1-34-21-30(24-6-4-23(5-7-24)22-2-3-22)33-28-11-9-27(39-15-12-36-13-16-40-17-14-36)18-25(28)8-10-29(33)31(34)19-26-20-32(37)35(26,34)38;;;;/h4-7,9,11,18,20,22,26,29-31,33,37-38H,2-3,8,10,12-17,19,21H2,1H3;2*1H2;2*1H/t26?,29-,30+,31-,33?,34-,35+;;;;/m0..../s1. The Morgan fingerprint density at radius 2 is 1.76 bits per heavy atom. The highest BCUT2D eigenvalue weighted by Gasteiger charge is 2.71. The van der Waals surface area contributed by atoms with Crippen molar-refractivity contribution in [3.8, 4) is 5.75 Å². The largest absolute Gasteiger partial charge is 0.510 e. The predicted octanol–water partition coefficient (Wildman–Crippen LogP) is 5.50. The fourth-order valence-electron chi connectivity index (χ4n) is 9.63. The first-order valence-electron chi connectivity index (χ1n) is 15.7. The van der Waals surface area contributed by atoms with E-state index < -0.39 is 5.60 Å². The summed E-state index contributed by atoms with van der Waals surface area (Å²) in [4.78, 5) is 2.52. The van der Waals surface area contributed by atoms with Crippen molar-refractivity contribution in [2.75, 3.05) is 37.7 Å². The van der Waals surface area contributed by atoms with Gasteiger partial charge in [-0.25, -0.2) is 0 Å². The number of benzene rings is 2. The molecule has 2 unspecified atom stereocenters. The van der Waals surface area contributed by atoms with Crippen LogP contribution in [0.15, 0.2) is 54.3 Å². The zero-order valence-electron chi connectivity index (χ0n) is 24.7. The van der Waals surface area contributed by atoms with E-state index in [1.54, 1.807) is 0 Å². The summed E-state index contributed by atoms with van der Waals surface area (Å²) in [7, 11) is 0. The second-order valence-corrected chi connectivity index (χ2v) is 15.1. The van der Waals surface area contributed by atoms with Crippen LogP contribution in [-0.4, -0.2) is 69.4 Å². The van der Waals surface area contributed by atoms with Crippen LogP contribution in [0, 0.1) is 23.2 Å². The van der Waals surface area contributed by atoms with Crippen LogP contribution in [0.25, 0.3) is 0 Å². The Balaban J connectivity index is 0.00000110. The van der Waals surface area contributed by atoms with Crippen LogP contribution in [0.2, 0.25) is 0 Å². The van der Waals surface area contributed by atoms with Crippen molar-refractivity contribution in [3.63, 3.8) is 0 Å². The highest BCUT2D eigenvalue weighted by molar-refractivity contribution is 7.99. The van der Waals surface area contributed by atoms with E-state index in [0.717, 1.165) is 50.5 Å². The highest BCUT2D eigenvalue weighted by atomic mass is 32.2. The number of ether oxygens (including phenoxy) is 1. The molecule has 1 aliphatic heterocycles. The van der Waals surface area contributed by atoms with Gasteiger partial charge in [-0.1, -0.05) is 37.3 Å². The van der Waals surface area contributed by atoms with E-state index in [-0.39, 0.29) is 30.9 Å². The lowest BCUT2D eigenvalue weighted by Gasteiger charge is -2.57. The third-order valence-corrected chi connectivity index (χ3v) is 12.9. The fourth-order valence-corrected chi connectivity index (χ4v) is 10.6. The maximum atomic E-state index is 11.9. The molecule has 8 rings (SSSR count). The van der Waals surface area contributed by atoms with Gasteiger partial charge < -0.3 is 25.9 Å². The van der Waals surface area contributed by atoms with Crippen LogP contribution in [0.4, 0.5) is 0 Å². The Labute approximate surface area is 257 Å². The Hall–Kier alpha value is -2.03. The zero-order valence-corrected chi connectivity index (χ0v) is 25.5. The van der Waals surface area contributed by atoms with Crippen molar-refractivity contribution in [1.29, 1.82) is 0 Å². The van der Waals surface area contributed by atoms with Crippen molar-refractivity contribution >= 4 is 11.8 Å². The Bertz CT molecular complexity index is 1330. The smallest absolute Gasteiger partial charge is 0.133 e. The Morgan fingerprint density at radius 3 is 2.48 bits per heavy atom. The summed E-state index contributed by atoms with van der Waals surface area (Å²) in [6.45, 7) is 6.40. The van der Waals surface area contributed by atoms with E-state index in [4.69, 9.17) is 4.74 Å². The van der Waals surface area contributed by atoms with E-state index in [2.05, 4.69) is 66.1 Å². The molecule has 0 radical (unpaired) electrons. The van der Waals surface area contributed by atoms with Gasteiger partial charge in [-0.05, 0) is 109 Å². The van der Waals surface area contributed by atoms with Gasteiger partial charge >= 0.3 is 0 Å². The normalized spacial score (nSPS) is 36.5. The minimum atomic E-state index is -1.06. The van der Waals surface area contributed by atoms with E-state index in [0.29, 0.717) is 23.7 Å². The summed E-state index contributed by atoms with van der Waals surface area (Å²) < 4.78 is 6.29. The molecule has 2 aromatic rings. The highest BCUT2D eigenvalue weighted by Crippen LogP contribution is 2.72. The molecule has 7 heteroatoms.